The summed E-state index contributed by atoms with van der Waals surface area (Å²) < 4.78 is 5.60. The summed E-state index contributed by atoms with van der Waals surface area (Å²) in [5.74, 6) is -0.786. The van der Waals surface area contributed by atoms with Crippen molar-refractivity contribution in [3.8, 4) is 0 Å². The fraction of sp³-hybridized carbons (Fsp3) is 0.643. The Morgan fingerprint density at radius 3 is 2.84 bits per heavy atom. The predicted molar refractivity (Wildman–Crippen MR) is 75.6 cm³/mol. The number of thiophene rings is 1. The molecule has 106 valence electrons. The van der Waals surface area contributed by atoms with Gasteiger partial charge in [-0.2, -0.15) is 0 Å². The van der Waals surface area contributed by atoms with E-state index in [-0.39, 0.29) is 12.5 Å². The van der Waals surface area contributed by atoms with Gasteiger partial charge < -0.3 is 9.84 Å². The van der Waals surface area contributed by atoms with Crippen LogP contribution in [-0.4, -0.2) is 41.8 Å². The Morgan fingerprint density at radius 1 is 1.53 bits per heavy atom. The molecule has 1 aromatic rings. The molecule has 0 atom stereocenters. The molecule has 1 aromatic heterocycles. The van der Waals surface area contributed by atoms with Gasteiger partial charge in [0.25, 0.3) is 0 Å². The van der Waals surface area contributed by atoms with Crippen LogP contribution in [0.2, 0.25) is 0 Å². The number of rotatable bonds is 6. The first kappa shape index (κ1) is 14.5. The van der Waals surface area contributed by atoms with Crippen molar-refractivity contribution in [3.05, 3.63) is 21.9 Å². The van der Waals surface area contributed by atoms with Gasteiger partial charge in [0.2, 0.25) is 0 Å². The molecule has 1 saturated heterocycles. The minimum atomic E-state index is -0.786. The number of carbonyl (C=O) groups is 1. The molecule has 0 spiro atoms. The first-order chi connectivity index (χ1) is 9.15. The number of piperidine rings is 1. The molecular formula is C14H21NO3S. The lowest BCUT2D eigenvalue weighted by molar-refractivity contribution is -0.138. The van der Waals surface area contributed by atoms with Gasteiger partial charge in [0.1, 0.15) is 0 Å². The average molecular weight is 283 g/mol. The van der Waals surface area contributed by atoms with Gasteiger partial charge in [-0.05, 0) is 36.8 Å². The van der Waals surface area contributed by atoms with Gasteiger partial charge in [0, 0.05) is 24.5 Å². The molecule has 0 amide bonds. The second-order valence-electron chi connectivity index (χ2n) is 5.02. The zero-order valence-corrected chi connectivity index (χ0v) is 12.1. The largest absolute Gasteiger partial charge is 0.481 e. The standard InChI is InChI=1S/C14H21NO3S/c1-11-5-9-19-13(11)10-15-6-2-12(3-7-15)18-8-4-14(16)17/h5,9,12H,2-4,6-8,10H2,1H3,(H,16,17). The first-order valence-corrected chi connectivity index (χ1v) is 7.62. The molecular weight excluding hydrogens is 262 g/mol. The van der Waals surface area contributed by atoms with E-state index in [1.54, 1.807) is 0 Å². The van der Waals surface area contributed by atoms with Gasteiger partial charge in [0.15, 0.2) is 0 Å². The molecule has 1 aliphatic heterocycles. The quantitative estimate of drug-likeness (QED) is 0.871. The van der Waals surface area contributed by atoms with Crippen LogP contribution in [0.1, 0.15) is 29.7 Å². The Bertz CT molecular complexity index is 411. The van der Waals surface area contributed by atoms with Crippen molar-refractivity contribution in [3.63, 3.8) is 0 Å². The number of ether oxygens (including phenoxy) is 1. The number of likely N-dealkylation sites (tertiary alicyclic amines) is 1. The number of nitrogens with zero attached hydrogens (tertiary/aromatic N) is 1. The van der Waals surface area contributed by atoms with E-state index in [0.29, 0.717) is 6.61 Å². The molecule has 0 unspecified atom stereocenters. The first-order valence-electron chi connectivity index (χ1n) is 6.74. The smallest absolute Gasteiger partial charge is 0.305 e. The molecule has 5 heteroatoms. The van der Waals surface area contributed by atoms with Crippen LogP contribution in [-0.2, 0) is 16.1 Å². The number of hydrogen-bond donors (Lipinski definition) is 1. The number of carboxylic acid groups (broad SMARTS) is 1. The molecule has 1 N–H and O–H groups in total. The minimum Gasteiger partial charge on any atom is -0.481 e. The van der Waals surface area contributed by atoms with E-state index in [1.165, 1.54) is 10.4 Å². The van der Waals surface area contributed by atoms with E-state index in [0.717, 1.165) is 32.5 Å². The molecule has 19 heavy (non-hydrogen) atoms. The maximum Gasteiger partial charge on any atom is 0.305 e. The Labute approximate surface area is 118 Å². The molecule has 0 radical (unpaired) electrons. The van der Waals surface area contributed by atoms with E-state index in [2.05, 4.69) is 23.3 Å². The van der Waals surface area contributed by atoms with Crippen molar-refractivity contribution in [1.29, 1.82) is 0 Å². The third-order valence-corrected chi connectivity index (χ3v) is 4.55. The fourth-order valence-electron chi connectivity index (χ4n) is 2.32. The molecule has 4 nitrogen and oxygen atoms in total. The average Bonchev–Trinajstić information content (AvgIpc) is 2.77. The van der Waals surface area contributed by atoms with Gasteiger partial charge in [-0.15, -0.1) is 11.3 Å². The van der Waals surface area contributed by atoms with Crippen molar-refractivity contribution in [2.45, 2.75) is 38.8 Å². The molecule has 0 saturated carbocycles. The summed E-state index contributed by atoms with van der Waals surface area (Å²) in [4.78, 5) is 14.3. The highest BCUT2D eigenvalue weighted by Gasteiger charge is 2.20. The zero-order valence-electron chi connectivity index (χ0n) is 11.3. The van der Waals surface area contributed by atoms with Gasteiger partial charge >= 0.3 is 5.97 Å². The second-order valence-corrected chi connectivity index (χ2v) is 6.02. The Morgan fingerprint density at radius 2 is 2.26 bits per heavy atom. The molecule has 1 fully saturated rings. The normalized spacial score (nSPS) is 17.7. The highest BCUT2D eigenvalue weighted by Crippen LogP contribution is 2.21. The summed E-state index contributed by atoms with van der Waals surface area (Å²) in [6.45, 7) is 5.60. The summed E-state index contributed by atoms with van der Waals surface area (Å²) in [6, 6.07) is 2.17. The van der Waals surface area contributed by atoms with Crippen LogP contribution in [0.15, 0.2) is 11.4 Å². The van der Waals surface area contributed by atoms with Crippen LogP contribution in [0.4, 0.5) is 0 Å². The number of aliphatic carboxylic acids is 1. The molecule has 0 aliphatic carbocycles. The third kappa shape index (κ3) is 4.60. The monoisotopic (exact) mass is 283 g/mol. The number of hydrogen-bond acceptors (Lipinski definition) is 4. The maximum atomic E-state index is 10.4. The highest BCUT2D eigenvalue weighted by atomic mass is 32.1. The van der Waals surface area contributed by atoms with Crippen LogP contribution < -0.4 is 0 Å². The summed E-state index contributed by atoms with van der Waals surface area (Å²) in [5.41, 5.74) is 1.38. The molecule has 2 rings (SSSR count). The van der Waals surface area contributed by atoms with Gasteiger partial charge in [-0.3, -0.25) is 9.69 Å². The van der Waals surface area contributed by atoms with Crippen molar-refractivity contribution in [2.24, 2.45) is 0 Å². The predicted octanol–water partition coefficient (Wildman–Crippen LogP) is 2.51. The Hall–Kier alpha value is -0.910. The van der Waals surface area contributed by atoms with Crippen molar-refractivity contribution in [1.82, 2.24) is 4.90 Å². The van der Waals surface area contributed by atoms with Crippen LogP contribution in [0.3, 0.4) is 0 Å². The Kier molecular flexibility index (Phi) is 5.36. The van der Waals surface area contributed by atoms with Crippen molar-refractivity contribution in [2.75, 3.05) is 19.7 Å². The third-order valence-electron chi connectivity index (χ3n) is 3.54. The summed E-state index contributed by atoms with van der Waals surface area (Å²) >= 11 is 1.82. The molecule has 0 aromatic carbocycles. The SMILES string of the molecule is Cc1ccsc1CN1CCC(OCCC(=O)O)CC1. The minimum absolute atomic E-state index is 0.106. The van der Waals surface area contributed by atoms with E-state index in [9.17, 15) is 4.79 Å². The van der Waals surface area contributed by atoms with Gasteiger partial charge in [-0.1, -0.05) is 0 Å². The molecule has 0 bridgehead atoms. The maximum absolute atomic E-state index is 10.4. The lowest BCUT2D eigenvalue weighted by atomic mass is 10.1. The van der Waals surface area contributed by atoms with Crippen LogP contribution in [0.25, 0.3) is 0 Å². The van der Waals surface area contributed by atoms with Crippen LogP contribution in [0, 0.1) is 6.92 Å². The number of aryl methyl sites for hydroxylation is 1. The van der Waals surface area contributed by atoms with E-state index in [4.69, 9.17) is 9.84 Å². The van der Waals surface area contributed by atoms with Gasteiger partial charge in [-0.25, -0.2) is 0 Å². The lowest BCUT2D eigenvalue weighted by Crippen LogP contribution is -2.36. The van der Waals surface area contributed by atoms with E-state index >= 15 is 0 Å². The topological polar surface area (TPSA) is 49.8 Å². The highest BCUT2D eigenvalue weighted by molar-refractivity contribution is 7.10. The second kappa shape index (κ2) is 7.03. The lowest BCUT2D eigenvalue weighted by Gasteiger charge is -2.31. The molecule has 2 heterocycles. The van der Waals surface area contributed by atoms with E-state index in [1.807, 2.05) is 11.3 Å². The van der Waals surface area contributed by atoms with Crippen LogP contribution in [0.5, 0.6) is 0 Å². The zero-order chi connectivity index (χ0) is 13.7. The van der Waals surface area contributed by atoms with Gasteiger partial charge in [0.05, 0.1) is 19.1 Å². The Balaban J connectivity index is 1.68. The van der Waals surface area contributed by atoms with Crippen LogP contribution >= 0.6 is 11.3 Å². The summed E-state index contributed by atoms with van der Waals surface area (Å²) in [6.07, 6.45) is 2.35. The number of carboxylic acids is 1. The fourth-order valence-corrected chi connectivity index (χ4v) is 3.26. The molecule has 1 aliphatic rings. The van der Waals surface area contributed by atoms with Crippen molar-refractivity contribution >= 4 is 17.3 Å². The summed E-state index contributed by atoms with van der Waals surface area (Å²) in [5, 5.41) is 10.7. The summed E-state index contributed by atoms with van der Waals surface area (Å²) in [7, 11) is 0. The van der Waals surface area contributed by atoms with Crippen molar-refractivity contribution < 1.29 is 14.6 Å². The van der Waals surface area contributed by atoms with E-state index < -0.39 is 5.97 Å².